The van der Waals surface area contributed by atoms with Crippen LogP contribution in [0.4, 0.5) is 0 Å². The molecule has 14 heavy (non-hydrogen) atoms. The summed E-state index contributed by atoms with van der Waals surface area (Å²) in [6, 6.07) is 3.42. The van der Waals surface area contributed by atoms with Crippen LogP contribution in [0.5, 0.6) is 5.75 Å². The van der Waals surface area contributed by atoms with Crippen LogP contribution in [0, 0.1) is 6.92 Å². The Kier molecular flexibility index (Phi) is 3.75. The topological polar surface area (TPSA) is 66.5 Å². The minimum atomic E-state index is -0.709. The van der Waals surface area contributed by atoms with Crippen molar-refractivity contribution in [1.29, 1.82) is 0 Å². The van der Waals surface area contributed by atoms with Crippen LogP contribution in [0.3, 0.4) is 0 Å². The molecule has 1 rings (SSSR count). The van der Waals surface area contributed by atoms with Gasteiger partial charge in [-0.15, -0.1) is 0 Å². The van der Waals surface area contributed by atoms with Crippen molar-refractivity contribution in [3.05, 3.63) is 28.3 Å². The Balaban J connectivity index is 3.04. The lowest BCUT2D eigenvalue weighted by Crippen LogP contribution is -2.07. The average Bonchev–Trinajstić information content (AvgIpc) is 2.15. The molecule has 4 heteroatoms. The van der Waals surface area contributed by atoms with E-state index in [0.717, 1.165) is 0 Å². The predicted molar refractivity (Wildman–Crippen MR) is 56.5 cm³/mol. The minimum Gasteiger partial charge on any atom is -0.506 e. The SMILES string of the molecule is Cc1ccc(C(O)CCN)c(Cl)c1O. The van der Waals surface area contributed by atoms with Gasteiger partial charge in [0.2, 0.25) is 0 Å². The Labute approximate surface area is 88.1 Å². The summed E-state index contributed by atoms with van der Waals surface area (Å²) in [5, 5.41) is 19.4. The number of phenols is 1. The molecule has 0 saturated carbocycles. The molecule has 0 spiro atoms. The molecule has 3 nitrogen and oxygen atoms in total. The first kappa shape index (κ1) is 11.3. The van der Waals surface area contributed by atoms with Crippen LogP contribution in [0.2, 0.25) is 5.02 Å². The van der Waals surface area contributed by atoms with Gasteiger partial charge < -0.3 is 15.9 Å². The average molecular weight is 216 g/mol. The van der Waals surface area contributed by atoms with Gasteiger partial charge in [-0.05, 0) is 25.5 Å². The lowest BCUT2D eigenvalue weighted by molar-refractivity contribution is 0.170. The maximum Gasteiger partial charge on any atom is 0.137 e. The van der Waals surface area contributed by atoms with E-state index in [-0.39, 0.29) is 10.8 Å². The van der Waals surface area contributed by atoms with Gasteiger partial charge in [0.1, 0.15) is 5.75 Å². The molecule has 0 aliphatic carbocycles. The summed E-state index contributed by atoms with van der Waals surface area (Å²) in [5.41, 5.74) is 6.54. The molecule has 1 unspecified atom stereocenters. The van der Waals surface area contributed by atoms with Crippen LogP contribution < -0.4 is 5.73 Å². The van der Waals surface area contributed by atoms with E-state index in [0.29, 0.717) is 24.1 Å². The maximum absolute atomic E-state index is 9.64. The third kappa shape index (κ3) is 2.18. The van der Waals surface area contributed by atoms with Crippen molar-refractivity contribution < 1.29 is 10.2 Å². The maximum atomic E-state index is 9.64. The summed E-state index contributed by atoms with van der Waals surface area (Å²) in [7, 11) is 0. The molecule has 0 aliphatic rings. The van der Waals surface area contributed by atoms with Crippen LogP contribution in [0.25, 0.3) is 0 Å². The number of hydrogen-bond donors (Lipinski definition) is 3. The summed E-state index contributed by atoms with van der Waals surface area (Å²) in [5.74, 6) is 0.0280. The van der Waals surface area contributed by atoms with E-state index < -0.39 is 6.10 Å². The Bertz CT molecular complexity index is 328. The fourth-order valence-corrected chi connectivity index (χ4v) is 1.59. The summed E-state index contributed by atoms with van der Waals surface area (Å²) >= 11 is 5.88. The second kappa shape index (κ2) is 4.64. The molecule has 4 N–H and O–H groups in total. The van der Waals surface area contributed by atoms with Crippen molar-refractivity contribution in [3.8, 4) is 5.75 Å². The van der Waals surface area contributed by atoms with Crippen molar-refractivity contribution in [2.24, 2.45) is 5.73 Å². The summed E-state index contributed by atoms with van der Waals surface area (Å²) < 4.78 is 0. The molecule has 0 heterocycles. The van der Waals surface area contributed by atoms with E-state index >= 15 is 0 Å². The Morgan fingerprint density at radius 2 is 2.14 bits per heavy atom. The van der Waals surface area contributed by atoms with Crippen molar-refractivity contribution in [2.45, 2.75) is 19.4 Å². The number of rotatable bonds is 3. The van der Waals surface area contributed by atoms with E-state index in [1.54, 1.807) is 19.1 Å². The lowest BCUT2D eigenvalue weighted by atomic mass is 10.0. The Morgan fingerprint density at radius 1 is 1.50 bits per heavy atom. The monoisotopic (exact) mass is 215 g/mol. The van der Waals surface area contributed by atoms with Crippen molar-refractivity contribution in [3.63, 3.8) is 0 Å². The van der Waals surface area contributed by atoms with Crippen molar-refractivity contribution in [2.75, 3.05) is 6.54 Å². The van der Waals surface area contributed by atoms with E-state index in [1.165, 1.54) is 0 Å². The molecule has 0 aliphatic heterocycles. The van der Waals surface area contributed by atoms with E-state index in [2.05, 4.69) is 0 Å². The third-order valence-corrected chi connectivity index (χ3v) is 2.54. The molecular weight excluding hydrogens is 202 g/mol. The van der Waals surface area contributed by atoms with Gasteiger partial charge in [0, 0.05) is 5.56 Å². The van der Waals surface area contributed by atoms with Crippen LogP contribution in [-0.4, -0.2) is 16.8 Å². The van der Waals surface area contributed by atoms with Crippen molar-refractivity contribution >= 4 is 11.6 Å². The number of hydrogen-bond acceptors (Lipinski definition) is 3. The van der Waals surface area contributed by atoms with Gasteiger partial charge >= 0.3 is 0 Å². The fourth-order valence-electron chi connectivity index (χ4n) is 1.25. The molecule has 0 radical (unpaired) electrons. The highest BCUT2D eigenvalue weighted by molar-refractivity contribution is 6.33. The third-order valence-electron chi connectivity index (χ3n) is 2.15. The summed E-state index contributed by atoms with van der Waals surface area (Å²) in [4.78, 5) is 0. The number of aryl methyl sites for hydroxylation is 1. The number of benzene rings is 1. The van der Waals surface area contributed by atoms with Gasteiger partial charge in [-0.1, -0.05) is 23.7 Å². The van der Waals surface area contributed by atoms with Crippen LogP contribution >= 0.6 is 11.6 Å². The first-order valence-electron chi connectivity index (χ1n) is 4.44. The van der Waals surface area contributed by atoms with Crippen molar-refractivity contribution in [1.82, 2.24) is 0 Å². The minimum absolute atomic E-state index is 0.0280. The molecule has 1 aromatic rings. The number of nitrogens with two attached hydrogens (primary N) is 1. The molecule has 0 aromatic heterocycles. The standard InChI is InChI=1S/C10H14ClNO2/c1-6-2-3-7(8(13)4-5-12)9(11)10(6)14/h2-3,8,13-14H,4-5,12H2,1H3. The smallest absolute Gasteiger partial charge is 0.137 e. The lowest BCUT2D eigenvalue weighted by Gasteiger charge is -2.13. The number of aliphatic hydroxyl groups is 1. The van der Waals surface area contributed by atoms with Gasteiger partial charge in [0.15, 0.2) is 0 Å². The van der Waals surface area contributed by atoms with E-state index in [9.17, 15) is 10.2 Å². The largest absolute Gasteiger partial charge is 0.506 e. The first-order chi connectivity index (χ1) is 6.57. The molecule has 0 bridgehead atoms. The Morgan fingerprint density at radius 3 is 2.71 bits per heavy atom. The molecule has 0 fully saturated rings. The van der Waals surface area contributed by atoms with Crippen LogP contribution in [0.15, 0.2) is 12.1 Å². The zero-order valence-electron chi connectivity index (χ0n) is 8.00. The molecular formula is C10H14ClNO2. The normalized spacial score (nSPS) is 12.9. The summed E-state index contributed by atoms with van der Waals surface area (Å²) in [6.45, 7) is 2.13. The van der Waals surface area contributed by atoms with Gasteiger partial charge in [0.05, 0.1) is 11.1 Å². The molecule has 0 amide bonds. The number of aromatic hydroxyl groups is 1. The highest BCUT2D eigenvalue weighted by atomic mass is 35.5. The van der Waals surface area contributed by atoms with E-state index in [1.807, 2.05) is 0 Å². The second-order valence-electron chi connectivity index (χ2n) is 3.23. The highest BCUT2D eigenvalue weighted by Gasteiger charge is 2.14. The zero-order valence-corrected chi connectivity index (χ0v) is 8.75. The zero-order chi connectivity index (χ0) is 10.7. The van der Waals surface area contributed by atoms with Crippen LogP contribution in [-0.2, 0) is 0 Å². The van der Waals surface area contributed by atoms with Gasteiger partial charge in [0.25, 0.3) is 0 Å². The number of halogens is 1. The quantitative estimate of drug-likeness (QED) is 0.720. The van der Waals surface area contributed by atoms with Gasteiger partial charge in [-0.2, -0.15) is 0 Å². The predicted octanol–water partition coefficient (Wildman–Crippen LogP) is 1.74. The first-order valence-corrected chi connectivity index (χ1v) is 4.81. The molecule has 78 valence electrons. The van der Waals surface area contributed by atoms with Crippen LogP contribution in [0.1, 0.15) is 23.7 Å². The Hall–Kier alpha value is -0.770. The number of aliphatic hydroxyl groups excluding tert-OH is 1. The molecule has 1 aromatic carbocycles. The highest BCUT2D eigenvalue weighted by Crippen LogP contribution is 2.34. The molecule has 1 atom stereocenters. The number of phenolic OH excluding ortho intramolecular Hbond substituents is 1. The molecule has 0 saturated heterocycles. The second-order valence-corrected chi connectivity index (χ2v) is 3.61. The van der Waals surface area contributed by atoms with E-state index in [4.69, 9.17) is 17.3 Å². The van der Waals surface area contributed by atoms with Gasteiger partial charge in [-0.25, -0.2) is 0 Å². The van der Waals surface area contributed by atoms with Gasteiger partial charge in [-0.3, -0.25) is 0 Å². The summed E-state index contributed by atoms with van der Waals surface area (Å²) in [6.07, 6.45) is -0.277. The fraction of sp³-hybridized carbons (Fsp3) is 0.400.